The summed E-state index contributed by atoms with van der Waals surface area (Å²) in [4.78, 5) is 9.58. The Morgan fingerprint density at radius 2 is 1.62 bits per heavy atom. The van der Waals surface area contributed by atoms with Gasteiger partial charge in [-0.15, -0.1) is 10.2 Å². The van der Waals surface area contributed by atoms with E-state index < -0.39 is 0 Å². The van der Waals surface area contributed by atoms with E-state index in [1.165, 1.54) is 12.0 Å². The fourth-order valence-corrected chi connectivity index (χ4v) is 5.34. The second-order valence-electron chi connectivity index (χ2n) is 10.0. The summed E-state index contributed by atoms with van der Waals surface area (Å²) in [6, 6.07) is 27.3. The Kier molecular flexibility index (Phi) is 4.91. The van der Waals surface area contributed by atoms with E-state index in [1.54, 1.807) is 0 Å². The normalized spacial score (nSPS) is 14.6. The van der Waals surface area contributed by atoms with Crippen molar-refractivity contribution < 1.29 is 0 Å². The maximum atomic E-state index is 6.59. The number of aromatic nitrogens is 5. The molecule has 0 unspecified atom stereocenters. The van der Waals surface area contributed by atoms with Crippen molar-refractivity contribution in [2.45, 2.75) is 31.7 Å². The van der Waals surface area contributed by atoms with Crippen LogP contribution in [-0.2, 0) is 5.54 Å². The van der Waals surface area contributed by atoms with Crippen LogP contribution in [0.25, 0.3) is 50.5 Å². The third-order valence-electron chi connectivity index (χ3n) is 7.55. The molecular weight excluding hydrogens is 456 g/mol. The number of fused-ring (bicyclic) bond motifs is 3. The van der Waals surface area contributed by atoms with E-state index in [0.717, 1.165) is 68.9 Å². The lowest BCUT2D eigenvalue weighted by atomic mass is 9.72. The van der Waals surface area contributed by atoms with Crippen LogP contribution in [0, 0.1) is 6.92 Å². The van der Waals surface area contributed by atoms with Crippen molar-refractivity contribution in [2.75, 3.05) is 0 Å². The van der Waals surface area contributed by atoms with E-state index in [4.69, 9.17) is 10.7 Å². The minimum atomic E-state index is -0.182. The number of hydrogen-bond acceptors (Lipinski definition) is 5. The van der Waals surface area contributed by atoms with Crippen molar-refractivity contribution in [3.05, 3.63) is 102 Å². The van der Waals surface area contributed by atoms with Gasteiger partial charge in [-0.2, -0.15) is 0 Å². The van der Waals surface area contributed by atoms with Crippen LogP contribution < -0.4 is 5.73 Å². The van der Waals surface area contributed by atoms with Gasteiger partial charge in [0, 0.05) is 34.6 Å². The SMILES string of the molecule is Cc1cncc(-c2nnc3ccc4nc(-c5ccc(C6(N)CCC6)cc5)c(-c5ccccc5)cc4n23)c1. The molecule has 180 valence electrons. The number of aryl methyl sites for hydroxylation is 1. The Balaban J connectivity index is 1.47. The minimum Gasteiger partial charge on any atom is -0.321 e. The Bertz CT molecular complexity index is 1770. The van der Waals surface area contributed by atoms with Crippen LogP contribution in [0.15, 0.2) is 91.3 Å². The molecule has 0 spiro atoms. The first-order chi connectivity index (χ1) is 18.1. The quantitative estimate of drug-likeness (QED) is 0.318. The van der Waals surface area contributed by atoms with Crippen LogP contribution in [0.3, 0.4) is 0 Å². The summed E-state index contributed by atoms with van der Waals surface area (Å²) >= 11 is 0. The van der Waals surface area contributed by atoms with Crippen molar-refractivity contribution in [1.29, 1.82) is 0 Å². The zero-order valence-corrected chi connectivity index (χ0v) is 20.6. The fourth-order valence-electron chi connectivity index (χ4n) is 5.34. The molecule has 0 aliphatic heterocycles. The van der Waals surface area contributed by atoms with Gasteiger partial charge >= 0.3 is 0 Å². The lowest BCUT2D eigenvalue weighted by Gasteiger charge is -2.38. The van der Waals surface area contributed by atoms with Gasteiger partial charge < -0.3 is 5.73 Å². The van der Waals surface area contributed by atoms with E-state index in [9.17, 15) is 0 Å². The molecule has 7 rings (SSSR count). The van der Waals surface area contributed by atoms with Crippen LogP contribution in [-0.4, -0.2) is 24.6 Å². The number of benzene rings is 2. The van der Waals surface area contributed by atoms with Crippen molar-refractivity contribution in [1.82, 2.24) is 24.6 Å². The second kappa shape index (κ2) is 8.32. The molecule has 37 heavy (non-hydrogen) atoms. The molecule has 1 aliphatic rings. The average molecular weight is 483 g/mol. The summed E-state index contributed by atoms with van der Waals surface area (Å²) in [5.41, 5.74) is 16.4. The van der Waals surface area contributed by atoms with Crippen molar-refractivity contribution in [2.24, 2.45) is 5.73 Å². The third-order valence-corrected chi connectivity index (χ3v) is 7.55. The highest BCUT2D eigenvalue weighted by atomic mass is 15.2. The van der Waals surface area contributed by atoms with Gasteiger partial charge in [-0.3, -0.25) is 9.38 Å². The smallest absolute Gasteiger partial charge is 0.170 e. The topological polar surface area (TPSA) is 82.0 Å². The summed E-state index contributed by atoms with van der Waals surface area (Å²) in [6.45, 7) is 2.03. The summed E-state index contributed by atoms with van der Waals surface area (Å²) in [5.74, 6) is 0.753. The molecule has 0 saturated heterocycles. The maximum absolute atomic E-state index is 6.59. The molecule has 1 fully saturated rings. The molecule has 6 heteroatoms. The first-order valence-corrected chi connectivity index (χ1v) is 12.7. The van der Waals surface area contributed by atoms with Gasteiger partial charge in [-0.1, -0.05) is 54.6 Å². The van der Waals surface area contributed by atoms with Crippen molar-refractivity contribution >= 4 is 16.7 Å². The summed E-state index contributed by atoms with van der Waals surface area (Å²) in [5, 5.41) is 8.97. The molecule has 2 N–H and O–H groups in total. The van der Waals surface area contributed by atoms with E-state index >= 15 is 0 Å². The summed E-state index contributed by atoms with van der Waals surface area (Å²) in [7, 11) is 0. The molecule has 6 nitrogen and oxygen atoms in total. The Morgan fingerprint density at radius 3 is 2.35 bits per heavy atom. The molecule has 1 aliphatic carbocycles. The van der Waals surface area contributed by atoms with Crippen molar-refractivity contribution in [3.63, 3.8) is 0 Å². The number of nitrogens with zero attached hydrogens (tertiary/aromatic N) is 5. The summed E-state index contributed by atoms with van der Waals surface area (Å²) in [6.07, 6.45) is 6.96. The highest BCUT2D eigenvalue weighted by Gasteiger charge is 2.34. The second-order valence-corrected chi connectivity index (χ2v) is 10.0. The van der Waals surface area contributed by atoms with E-state index in [1.807, 2.05) is 37.5 Å². The number of nitrogens with two attached hydrogens (primary N) is 1. The van der Waals surface area contributed by atoms with Gasteiger partial charge in [0.15, 0.2) is 11.5 Å². The summed E-state index contributed by atoms with van der Waals surface area (Å²) < 4.78 is 2.08. The first kappa shape index (κ1) is 21.8. The molecule has 0 radical (unpaired) electrons. The fraction of sp³-hybridized carbons (Fsp3) is 0.161. The molecule has 0 atom stereocenters. The van der Waals surface area contributed by atoms with E-state index in [2.05, 4.69) is 80.2 Å². The van der Waals surface area contributed by atoms with Crippen molar-refractivity contribution in [3.8, 4) is 33.8 Å². The first-order valence-electron chi connectivity index (χ1n) is 12.7. The van der Waals surface area contributed by atoms with Gasteiger partial charge in [-0.05, 0) is 67.1 Å². The average Bonchev–Trinajstić information content (AvgIpc) is 3.36. The molecule has 4 aromatic heterocycles. The highest BCUT2D eigenvalue weighted by molar-refractivity contribution is 5.92. The maximum Gasteiger partial charge on any atom is 0.170 e. The highest BCUT2D eigenvalue weighted by Crippen LogP contribution is 2.40. The Labute approximate surface area is 214 Å². The van der Waals surface area contributed by atoms with Crippen LogP contribution >= 0.6 is 0 Å². The van der Waals surface area contributed by atoms with E-state index in [0.29, 0.717) is 0 Å². The van der Waals surface area contributed by atoms with Crippen LogP contribution in [0.4, 0.5) is 0 Å². The van der Waals surface area contributed by atoms with Gasteiger partial charge in [0.25, 0.3) is 0 Å². The lowest BCUT2D eigenvalue weighted by molar-refractivity contribution is 0.253. The monoisotopic (exact) mass is 482 g/mol. The molecule has 2 aromatic carbocycles. The minimum absolute atomic E-state index is 0.182. The predicted octanol–water partition coefficient (Wildman–Crippen LogP) is 6.32. The van der Waals surface area contributed by atoms with Gasteiger partial charge in [0.2, 0.25) is 0 Å². The molecule has 0 amide bonds. The van der Waals surface area contributed by atoms with Gasteiger partial charge in [-0.25, -0.2) is 4.98 Å². The van der Waals surface area contributed by atoms with Gasteiger partial charge in [0.05, 0.1) is 16.7 Å². The number of hydrogen-bond donors (Lipinski definition) is 1. The van der Waals surface area contributed by atoms with Crippen LogP contribution in [0.1, 0.15) is 30.4 Å². The zero-order chi connectivity index (χ0) is 25.0. The number of rotatable bonds is 4. The Morgan fingerprint density at radius 1 is 0.811 bits per heavy atom. The third kappa shape index (κ3) is 3.60. The standard InChI is InChI=1S/C31H26N6/c1-20-16-23(19-33-18-20)30-36-35-28-13-12-26-27(37(28)30)17-25(21-6-3-2-4-7-21)29(34-26)22-8-10-24(11-9-22)31(32)14-5-15-31/h2-4,6-13,16-19H,5,14-15,32H2,1H3. The molecule has 4 heterocycles. The largest absolute Gasteiger partial charge is 0.321 e. The molecule has 0 bridgehead atoms. The molecule has 6 aromatic rings. The van der Waals surface area contributed by atoms with Crippen LogP contribution in [0.5, 0.6) is 0 Å². The van der Waals surface area contributed by atoms with Gasteiger partial charge in [0.1, 0.15) is 0 Å². The Hall–Kier alpha value is -4.42. The predicted molar refractivity (Wildman–Crippen MR) is 147 cm³/mol. The molecular formula is C31H26N6. The zero-order valence-electron chi connectivity index (χ0n) is 20.6. The van der Waals surface area contributed by atoms with E-state index in [-0.39, 0.29) is 5.54 Å². The van der Waals surface area contributed by atoms with Crippen LogP contribution in [0.2, 0.25) is 0 Å². The lowest BCUT2D eigenvalue weighted by Crippen LogP contribution is -2.43. The molecule has 1 saturated carbocycles. The number of pyridine rings is 3.